The molecule has 1 aliphatic rings. The third-order valence-corrected chi connectivity index (χ3v) is 4.43. The first kappa shape index (κ1) is 19.0. The minimum atomic E-state index is -1.02. The second kappa shape index (κ2) is 9.22. The van der Waals surface area contributed by atoms with Crippen LogP contribution >= 0.6 is 11.8 Å². The maximum absolute atomic E-state index is 11.6. The summed E-state index contributed by atoms with van der Waals surface area (Å²) in [7, 11) is 0. The Balaban J connectivity index is 1.98. The fourth-order valence-electron chi connectivity index (χ4n) is 2.01. The number of carbonyl (C=O) groups excluding carboxylic acids is 1. The van der Waals surface area contributed by atoms with E-state index in [2.05, 4.69) is 29.4 Å². The van der Waals surface area contributed by atoms with Crippen LogP contribution in [0.5, 0.6) is 5.75 Å². The molecule has 1 aromatic rings. The van der Waals surface area contributed by atoms with Gasteiger partial charge in [-0.1, -0.05) is 37.7 Å². The first-order valence-electron chi connectivity index (χ1n) is 7.98. The summed E-state index contributed by atoms with van der Waals surface area (Å²) in [5, 5.41) is 18.8. The number of carbonyl (C=O) groups is 2. The molecule has 2 N–H and O–H groups in total. The highest BCUT2D eigenvalue weighted by molar-refractivity contribution is 8.15. The van der Waals surface area contributed by atoms with Crippen molar-refractivity contribution in [2.24, 2.45) is 16.1 Å². The minimum absolute atomic E-state index is 0.244. The average molecular weight is 363 g/mol. The van der Waals surface area contributed by atoms with E-state index in [4.69, 9.17) is 9.84 Å². The number of nitrogens with zero attached hydrogens (tertiary/aromatic N) is 2. The molecule has 7 nitrogen and oxygen atoms in total. The number of amides is 1. The highest BCUT2D eigenvalue weighted by atomic mass is 32.2. The van der Waals surface area contributed by atoms with E-state index < -0.39 is 11.2 Å². The van der Waals surface area contributed by atoms with Crippen LogP contribution in [0.2, 0.25) is 0 Å². The molecule has 1 aliphatic heterocycles. The lowest BCUT2D eigenvalue weighted by Crippen LogP contribution is -2.26. The Morgan fingerprint density at radius 2 is 2.20 bits per heavy atom. The Hall–Kier alpha value is -2.35. The highest BCUT2D eigenvalue weighted by Gasteiger charge is 2.32. The van der Waals surface area contributed by atoms with E-state index in [9.17, 15) is 9.59 Å². The van der Waals surface area contributed by atoms with Gasteiger partial charge in [0.25, 0.3) is 0 Å². The first-order valence-corrected chi connectivity index (χ1v) is 8.86. The van der Waals surface area contributed by atoms with Gasteiger partial charge in [0.1, 0.15) is 11.0 Å². The number of ether oxygens (including phenoxy) is 1. The smallest absolute Gasteiger partial charge is 0.305 e. The highest BCUT2D eigenvalue weighted by Crippen LogP contribution is 2.22. The molecule has 25 heavy (non-hydrogen) atoms. The van der Waals surface area contributed by atoms with Gasteiger partial charge in [0.15, 0.2) is 5.17 Å². The zero-order chi connectivity index (χ0) is 18.2. The van der Waals surface area contributed by atoms with Crippen LogP contribution in [0, 0.1) is 5.92 Å². The number of carboxylic acids is 1. The molecule has 1 fully saturated rings. The molecule has 1 saturated heterocycles. The van der Waals surface area contributed by atoms with Crippen molar-refractivity contribution in [1.82, 2.24) is 5.32 Å². The van der Waals surface area contributed by atoms with Crippen LogP contribution in [-0.4, -0.2) is 40.2 Å². The summed E-state index contributed by atoms with van der Waals surface area (Å²) in [5.74, 6) is -0.100. The van der Waals surface area contributed by atoms with Gasteiger partial charge in [-0.15, -0.1) is 5.10 Å². The van der Waals surface area contributed by atoms with Crippen molar-refractivity contribution >= 4 is 35.0 Å². The van der Waals surface area contributed by atoms with Crippen molar-refractivity contribution in [3.05, 3.63) is 29.8 Å². The van der Waals surface area contributed by atoms with Crippen LogP contribution < -0.4 is 10.1 Å². The van der Waals surface area contributed by atoms with Crippen molar-refractivity contribution in [1.29, 1.82) is 0 Å². The van der Waals surface area contributed by atoms with E-state index in [0.717, 1.165) is 29.5 Å². The molecule has 0 aliphatic carbocycles. The van der Waals surface area contributed by atoms with Crippen LogP contribution in [0.4, 0.5) is 0 Å². The molecule has 0 radical (unpaired) electrons. The number of hydrogen-bond donors (Lipinski definition) is 2. The summed E-state index contributed by atoms with van der Waals surface area (Å²) in [6.07, 6.45) is 2.27. The topological polar surface area (TPSA) is 100 Å². The largest absolute Gasteiger partial charge is 0.493 e. The van der Waals surface area contributed by atoms with Crippen LogP contribution in [0.3, 0.4) is 0 Å². The van der Waals surface area contributed by atoms with Crippen LogP contribution in [0.15, 0.2) is 34.5 Å². The van der Waals surface area contributed by atoms with E-state index in [1.165, 1.54) is 0 Å². The second-order valence-corrected chi connectivity index (χ2v) is 7.10. The number of aliphatic carboxylic acids is 1. The van der Waals surface area contributed by atoms with Gasteiger partial charge in [-0.25, -0.2) is 0 Å². The Labute approximate surface area is 150 Å². The molecule has 1 amide bonds. The van der Waals surface area contributed by atoms with Gasteiger partial charge in [-0.05, 0) is 24.5 Å². The van der Waals surface area contributed by atoms with E-state index >= 15 is 0 Å². The van der Waals surface area contributed by atoms with Crippen LogP contribution in [0.1, 0.15) is 32.3 Å². The molecule has 0 spiro atoms. The Morgan fingerprint density at radius 3 is 2.92 bits per heavy atom. The summed E-state index contributed by atoms with van der Waals surface area (Å²) in [6.45, 7) is 4.90. The Morgan fingerprint density at radius 1 is 1.44 bits per heavy atom. The second-order valence-electron chi connectivity index (χ2n) is 5.91. The summed E-state index contributed by atoms with van der Waals surface area (Å²) in [5.41, 5.74) is 0.784. The van der Waals surface area contributed by atoms with Crippen molar-refractivity contribution in [2.75, 3.05) is 6.61 Å². The third-order valence-electron chi connectivity index (χ3n) is 3.35. The van der Waals surface area contributed by atoms with Gasteiger partial charge in [-0.2, -0.15) is 5.10 Å². The lowest BCUT2D eigenvalue weighted by atomic mass is 10.1. The molecule has 1 unspecified atom stereocenters. The van der Waals surface area contributed by atoms with Gasteiger partial charge in [0.2, 0.25) is 5.91 Å². The Kier molecular flexibility index (Phi) is 7.00. The van der Waals surface area contributed by atoms with Gasteiger partial charge < -0.3 is 15.2 Å². The molecule has 1 heterocycles. The molecule has 134 valence electrons. The van der Waals surface area contributed by atoms with Crippen LogP contribution in [0.25, 0.3) is 0 Å². The van der Waals surface area contributed by atoms with Crippen molar-refractivity contribution < 1.29 is 19.4 Å². The number of nitrogens with one attached hydrogen (secondary N) is 1. The number of benzene rings is 1. The minimum Gasteiger partial charge on any atom is -0.493 e. The summed E-state index contributed by atoms with van der Waals surface area (Å²) >= 11 is 1.07. The molecular weight excluding hydrogens is 342 g/mol. The summed E-state index contributed by atoms with van der Waals surface area (Å²) < 4.78 is 5.77. The molecular formula is C17H21N3O4S. The van der Waals surface area contributed by atoms with E-state index in [1.54, 1.807) is 6.21 Å². The van der Waals surface area contributed by atoms with Gasteiger partial charge >= 0.3 is 5.97 Å². The zero-order valence-electron chi connectivity index (χ0n) is 14.1. The number of thioether (sulfide) groups is 1. The number of carboxylic acid groups (broad SMARTS) is 1. The normalized spacial score (nSPS) is 18.9. The number of hydrogen-bond acceptors (Lipinski definition) is 6. The lowest BCUT2D eigenvalue weighted by Gasteiger charge is -2.09. The monoisotopic (exact) mass is 363 g/mol. The quantitative estimate of drug-likeness (QED) is 0.546. The lowest BCUT2D eigenvalue weighted by molar-refractivity contribution is -0.138. The molecule has 0 saturated carbocycles. The van der Waals surface area contributed by atoms with Crippen molar-refractivity contribution in [3.8, 4) is 5.75 Å². The number of amidine groups is 1. The van der Waals surface area contributed by atoms with E-state index in [-0.39, 0.29) is 12.3 Å². The Bertz CT molecular complexity index is 688. The fourth-order valence-corrected chi connectivity index (χ4v) is 2.93. The van der Waals surface area contributed by atoms with E-state index in [1.807, 2.05) is 24.3 Å². The summed E-state index contributed by atoms with van der Waals surface area (Å²) in [6, 6.07) is 7.49. The standard InChI is InChI=1S/C17H21N3O4S/c1-11(2)7-8-24-13-6-4-3-5-12(13)10-18-20-17-19-16(23)14(25-17)9-15(21)22/h3-6,10-11,14H,7-9H2,1-2H3,(H,21,22)(H,19,20,23). The molecule has 0 bridgehead atoms. The fraction of sp³-hybridized carbons (Fsp3) is 0.412. The van der Waals surface area contributed by atoms with E-state index in [0.29, 0.717) is 17.7 Å². The number of rotatable bonds is 8. The van der Waals surface area contributed by atoms with Crippen LogP contribution in [-0.2, 0) is 9.59 Å². The predicted molar refractivity (Wildman–Crippen MR) is 98.2 cm³/mol. The maximum Gasteiger partial charge on any atom is 0.305 e. The predicted octanol–water partition coefficient (Wildman–Crippen LogP) is 2.51. The summed E-state index contributed by atoms with van der Waals surface area (Å²) in [4.78, 5) is 22.3. The molecule has 1 aromatic carbocycles. The van der Waals surface area contributed by atoms with Gasteiger partial charge in [0, 0.05) is 5.56 Å². The maximum atomic E-state index is 11.6. The first-order chi connectivity index (χ1) is 12.0. The molecule has 0 aromatic heterocycles. The SMILES string of the molecule is CC(C)CCOc1ccccc1C=NN=C1NC(=O)C(CC(=O)O)S1. The van der Waals surface area contributed by atoms with Gasteiger partial charge in [0.05, 0.1) is 19.2 Å². The molecule has 2 rings (SSSR count). The number of para-hydroxylation sites is 1. The van der Waals surface area contributed by atoms with Crippen molar-refractivity contribution in [2.45, 2.75) is 31.9 Å². The molecule has 8 heteroatoms. The van der Waals surface area contributed by atoms with Crippen molar-refractivity contribution in [3.63, 3.8) is 0 Å². The van der Waals surface area contributed by atoms with Gasteiger partial charge in [-0.3, -0.25) is 9.59 Å². The zero-order valence-corrected chi connectivity index (χ0v) is 15.0. The average Bonchev–Trinajstić information content (AvgIpc) is 2.87. The molecule has 1 atom stereocenters. The third kappa shape index (κ3) is 6.22.